The Morgan fingerprint density at radius 3 is 2.89 bits per heavy atom. The number of aryl methyl sites for hydroxylation is 2. The standard InChI is InChI=1S/C12H14N4OS/c1-6-7(2)18-12(13-6)14-11(17)10-5-9(15-16-10)8-3-4-8/h5,8H,3-4H2,1-2H3,(H,15,16)(H,13,14,17). The van der Waals surface area contributed by atoms with E-state index in [1.54, 1.807) is 0 Å². The van der Waals surface area contributed by atoms with Gasteiger partial charge in [0, 0.05) is 16.5 Å². The number of H-pyrrole nitrogens is 1. The van der Waals surface area contributed by atoms with Crippen molar-refractivity contribution in [2.75, 3.05) is 5.32 Å². The van der Waals surface area contributed by atoms with Crippen molar-refractivity contribution in [2.24, 2.45) is 0 Å². The Morgan fingerprint density at radius 2 is 2.28 bits per heavy atom. The maximum atomic E-state index is 12.0. The number of hydrogen-bond donors (Lipinski definition) is 2. The summed E-state index contributed by atoms with van der Waals surface area (Å²) in [5, 5.41) is 10.4. The number of anilines is 1. The molecular weight excluding hydrogens is 248 g/mol. The van der Waals surface area contributed by atoms with Crippen LogP contribution >= 0.6 is 11.3 Å². The van der Waals surface area contributed by atoms with Crippen LogP contribution in [0.15, 0.2) is 6.07 Å². The van der Waals surface area contributed by atoms with E-state index in [1.807, 2.05) is 19.9 Å². The number of carbonyl (C=O) groups is 1. The average Bonchev–Trinajstić information content (AvgIpc) is 2.97. The highest BCUT2D eigenvalue weighted by Gasteiger charge is 2.26. The quantitative estimate of drug-likeness (QED) is 0.893. The second-order valence-electron chi connectivity index (χ2n) is 4.60. The summed E-state index contributed by atoms with van der Waals surface area (Å²) >= 11 is 1.48. The van der Waals surface area contributed by atoms with Crippen LogP contribution in [-0.2, 0) is 0 Å². The number of aromatic nitrogens is 3. The highest BCUT2D eigenvalue weighted by atomic mass is 32.1. The molecule has 94 valence electrons. The predicted octanol–water partition coefficient (Wildman–Crippen LogP) is 2.61. The summed E-state index contributed by atoms with van der Waals surface area (Å²) in [4.78, 5) is 17.4. The van der Waals surface area contributed by atoms with Crippen molar-refractivity contribution >= 4 is 22.4 Å². The number of amides is 1. The smallest absolute Gasteiger partial charge is 0.277 e. The minimum atomic E-state index is -0.202. The highest BCUT2D eigenvalue weighted by Crippen LogP contribution is 2.39. The molecule has 0 bridgehead atoms. The molecule has 0 radical (unpaired) electrons. The predicted molar refractivity (Wildman–Crippen MR) is 70.1 cm³/mol. The van der Waals surface area contributed by atoms with Gasteiger partial charge in [-0.05, 0) is 32.8 Å². The Morgan fingerprint density at radius 1 is 1.50 bits per heavy atom. The number of hydrogen-bond acceptors (Lipinski definition) is 4. The molecule has 1 aliphatic rings. The molecule has 1 saturated carbocycles. The molecule has 0 atom stereocenters. The first kappa shape index (κ1) is 11.4. The van der Waals surface area contributed by atoms with Gasteiger partial charge in [-0.1, -0.05) is 0 Å². The van der Waals surface area contributed by atoms with E-state index in [4.69, 9.17) is 0 Å². The van der Waals surface area contributed by atoms with Crippen LogP contribution in [0.4, 0.5) is 5.13 Å². The molecule has 5 nitrogen and oxygen atoms in total. The van der Waals surface area contributed by atoms with E-state index in [0.29, 0.717) is 16.7 Å². The first-order valence-corrected chi connectivity index (χ1v) is 6.76. The molecule has 0 aliphatic heterocycles. The molecule has 0 aromatic carbocycles. The maximum Gasteiger partial charge on any atom is 0.277 e. The summed E-state index contributed by atoms with van der Waals surface area (Å²) in [5.74, 6) is 0.371. The summed E-state index contributed by atoms with van der Waals surface area (Å²) in [6, 6.07) is 1.83. The van der Waals surface area contributed by atoms with Gasteiger partial charge in [0.15, 0.2) is 10.8 Å². The molecule has 18 heavy (non-hydrogen) atoms. The van der Waals surface area contributed by atoms with Crippen LogP contribution in [-0.4, -0.2) is 21.1 Å². The van der Waals surface area contributed by atoms with Gasteiger partial charge in [0.05, 0.1) is 5.69 Å². The van der Waals surface area contributed by atoms with E-state index in [9.17, 15) is 4.79 Å². The van der Waals surface area contributed by atoms with Gasteiger partial charge >= 0.3 is 0 Å². The largest absolute Gasteiger partial charge is 0.296 e. The van der Waals surface area contributed by atoms with Gasteiger partial charge < -0.3 is 0 Å². The lowest BCUT2D eigenvalue weighted by Crippen LogP contribution is -2.12. The topological polar surface area (TPSA) is 70.7 Å². The lowest BCUT2D eigenvalue weighted by molar-refractivity contribution is 0.102. The molecule has 2 aromatic heterocycles. The molecule has 0 spiro atoms. The summed E-state index contributed by atoms with van der Waals surface area (Å²) in [6.07, 6.45) is 2.38. The van der Waals surface area contributed by atoms with Crippen molar-refractivity contribution in [1.82, 2.24) is 15.2 Å². The molecule has 1 fully saturated rings. The fourth-order valence-electron chi connectivity index (χ4n) is 1.74. The fourth-order valence-corrected chi connectivity index (χ4v) is 2.55. The van der Waals surface area contributed by atoms with Crippen molar-refractivity contribution < 1.29 is 4.79 Å². The number of nitrogens with zero attached hydrogens (tertiary/aromatic N) is 2. The highest BCUT2D eigenvalue weighted by molar-refractivity contribution is 7.15. The zero-order chi connectivity index (χ0) is 12.7. The Bertz CT molecular complexity index is 577. The molecule has 1 aliphatic carbocycles. The van der Waals surface area contributed by atoms with Crippen LogP contribution in [0.5, 0.6) is 0 Å². The van der Waals surface area contributed by atoms with Gasteiger partial charge in [0.2, 0.25) is 0 Å². The van der Waals surface area contributed by atoms with Crippen molar-refractivity contribution in [3.8, 4) is 0 Å². The van der Waals surface area contributed by atoms with E-state index in [-0.39, 0.29) is 5.91 Å². The van der Waals surface area contributed by atoms with Crippen LogP contribution in [0.25, 0.3) is 0 Å². The Labute approximate surface area is 109 Å². The van der Waals surface area contributed by atoms with Crippen LogP contribution < -0.4 is 5.32 Å². The minimum Gasteiger partial charge on any atom is -0.296 e. The van der Waals surface area contributed by atoms with Crippen molar-refractivity contribution in [3.63, 3.8) is 0 Å². The van der Waals surface area contributed by atoms with Gasteiger partial charge in [-0.15, -0.1) is 11.3 Å². The van der Waals surface area contributed by atoms with Crippen LogP contribution in [0, 0.1) is 13.8 Å². The second-order valence-corrected chi connectivity index (χ2v) is 5.80. The lowest BCUT2D eigenvalue weighted by Gasteiger charge is -1.96. The average molecular weight is 262 g/mol. The van der Waals surface area contributed by atoms with E-state index in [2.05, 4.69) is 20.5 Å². The number of nitrogens with one attached hydrogen (secondary N) is 2. The van der Waals surface area contributed by atoms with Gasteiger partial charge in [-0.25, -0.2) is 4.98 Å². The van der Waals surface area contributed by atoms with Crippen molar-refractivity contribution in [1.29, 1.82) is 0 Å². The third-order valence-corrected chi connectivity index (χ3v) is 4.08. The first-order valence-electron chi connectivity index (χ1n) is 5.94. The van der Waals surface area contributed by atoms with Crippen LogP contribution in [0.1, 0.15) is 45.5 Å². The third kappa shape index (κ3) is 2.15. The Balaban J connectivity index is 1.73. The molecule has 2 aromatic rings. The van der Waals surface area contributed by atoms with Crippen LogP contribution in [0.3, 0.4) is 0 Å². The SMILES string of the molecule is Cc1nc(NC(=O)c2cc(C3CC3)[nH]n2)sc1C. The summed E-state index contributed by atoms with van der Waals surface area (Å²) in [7, 11) is 0. The summed E-state index contributed by atoms with van der Waals surface area (Å²) < 4.78 is 0. The lowest BCUT2D eigenvalue weighted by atomic mass is 10.2. The number of rotatable bonds is 3. The summed E-state index contributed by atoms with van der Waals surface area (Å²) in [6.45, 7) is 3.92. The molecule has 3 rings (SSSR count). The normalized spacial score (nSPS) is 14.8. The molecule has 2 N–H and O–H groups in total. The monoisotopic (exact) mass is 262 g/mol. The third-order valence-electron chi connectivity index (χ3n) is 3.10. The van der Waals surface area contributed by atoms with Gasteiger partial charge in [-0.3, -0.25) is 15.2 Å². The molecule has 2 heterocycles. The van der Waals surface area contributed by atoms with Gasteiger partial charge in [0.25, 0.3) is 5.91 Å². The number of thiazole rings is 1. The second kappa shape index (κ2) is 4.20. The molecular formula is C12H14N4OS. The van der Waals surface area contributed by atoms with E-state index < -0.39 is 0 Å². The zero-order valence-corrected chi connectivity index (χ0v) is 11.1. The van der Waals surface area contributed by atoms with Gasteiger partial charge in [-0.2, -0.15) is 5.10 Å². The van der Waals surface area contributed by atoms with Gasteiger partial charge in [0.1, 0.15) is 0 Å². The number of aromatic amines is 1. The number of carbonyl (C=O) groups excluding carboxylic acids is 1. The molecule has 6 heteroatoms. The minimum absolute atomic E-state index is 0.202. The van der Waals surface area contributed by atoms with E-state index in [0.717, 1.165) is 16.3 Å². The van der Waals surface area contributed by atoms with Crippen LogP contribution in [0.2, 0.25) is 0 Å². The molecule has 0 unspecified atom stereocenters. The Kier molecular flexibility index (Phi) is 2.66. The summed E-state index contributed by atoms with van der Waals surface area (Å²) in [5.41, 5.74) is 2.45. The van der Waals surface area contributed by atoms with Crippen molar-refractivity contribution in [3.05, 3.63) is 28.0 Å². The van der Waals surface area contributed by atoms with Crippen molar-refractivity contribution in [2.45, 2.75) is 32.6 Å². The zero-order valence-electron chi connectivity index (χ0n) is 10.3. The molecule has 0 saturated heterocycles. The maximum absolute atomic E-state index is 12.0. The van der Waals surface area contributed by atoms with E-state index >= 15 is 0 Å². The Hall–Kier alpha value is -1.69. The molecule has 1 amide bonds. The van der Waals surface area contributed by atoms with E-state index in [1.165, 1.54) is 24.2 Å². The first-order chi connectivity index (χ1) is 8.63. The fraction of sp³-hybridized carbons (Fsp3) is 0.417.